The Kier molecular flexibility index (Phi) is 5.36. The molecule has 0 spiro atoms. The van der Waals surface area contributed by atoms with Crippen LogP contribution < -0.4 is 5.32 Å². The number of likely N-dealkylation sites (N-methyl/N-ethyl adjacent to an activating group) is 1. The maximum Gasteiger partial charge on any atom is 0.0206 e. The van der Waals surface area contributed by atoms with Gasteiger partial charge in [-0.25, -0.2) is 0 Å². The quantitative estimate of drug-likeness (QED) is 0.779. The van der Waals surface area contributed by atoms with Crippen LogP contribution in [0.1, 0.15) is 12.0 Å². The summed E-state index contributed by atoms with van der Waals surface area (Å²) in [5.41, 5.74) is 1.37. The second kappa shape index (κ2) is 7.04. The normalized spacial score (nSPS) is 20.0. The molecule has 1 aromatic carbocycles. The minimum atomic E-state index is 0.804. The van der Waals surface area contributed by atoms with Crippen molar-refractivity contribution in [3.05, 3.63) is 35.9 Å². The standard InChI is InChI=1S/C14H22N2S/c1-16(14-7-10-17-12-14)9-8-15-11-13-5-3-2-4-6-13/h2-6,14-15H,7-12H2,1H3. The number of hydrogen-bond acceptors (Lipinski definition) is 3. The van der Waals surface area contributed by atoms with Crippen molar-refractivity contribution in [1.29, 1.82) is 0 Å². The molecule has 0 aliphatic carbocycles. The molecule has 0 saturated carbocycles. The number of nitrogens with one attached hydrogen (secondary N) is 1. The summed E-state index contributed by atoms with van der Waals surface area (Å²) in [7, 11) is 2.25. The summed E-state index contributed by atoms with van der Waals surface area (Å²) >= 11 is 2.08. The molecule has 1 N–H and O–H groups in total. The van der Waals surface area contributed by atoms with Gasteiger partial charge in [0.15, 0.2) is 0 Å². The lowest BCUT2D eigenvalue weighted by atomic mass is 10.2. The molecule has 1 atom stereocenters. The fraction of sp³-hybridized carbons (Fsp3) is 0.571. The lowest BCUT2D eigenvalue weighted by Crippen LogP contribution is -2.36. The molecule has 1 aliphatic rings. The summed E-state index contributed by atoms with van der Waals surface area (Å²) in [5, 5.41) is 3.51. The van der Waals surface area contributed by atoms with Crippen molar-refractivity contribution in [3.63, 3.8) is 0 Å². The molecule has 0 aromatic heterocycles. The number of rotatable bonds is 6. The molecule has 1 unspecified atom stereocenters. The molecule has 94 valence electrons. The highest BCUT2D eigenvalue weighted by molar-refractivity contribution is 7.99. The maximum absolute atomic E-state index is 3.51. The van der Waals surface area contributed by atoms with E-state index in [4.69, 9.17) is 0 Å². The van der Waals surface area contributed by atoms with Crippen LogP contribution >= 0.6 is 11.8 Å². The minimum Gasteiger partial charge on any atom is -0.311 e. The molecular weight excluding hydrogens is 228 g/mol. The van der Waals surface area contributed by atoms with Crippen molar-refractivity contribution >= 4 is 11.8 Å². The monoisotopic (exact) mass is 250 g/mol. The van der Waals surface area contributed by atoms with Crippen LogP contribution in [0.3, 0.4) is 0 Å². The molecule has 1 fully saturated rings. The Hall–Kier alpha value is -0.510. The molecule has 2 nitrogen and oxygen atoms in total. The van der Waals surface area contributed by atoms with E-state index in [9.17, 15) is 0 Å². The number of thioether (sulfide) groups is 1. The highest BCUT2D eigenvalue weighted by Crippen LogP contribution is 2.20. The zero-order valence-electron chi connectivity index (χ0n) is 10.6. The van der Waals surface area contributed by atoms with Crippen LogP contribution in [0.5, 0.6) is 0 Å². The Bertz CT molecular complexity index is 309. The van der Waals surface area contributed by atoms with Gasteiger partial charge in [0, 0.05) is 31.4 Å². The van der Waals surface area contributed by atoms with Gasteiger partial charge < -0.3 is 10.2 Å². The molecule has 17 heavy (non-hydrogen) atoms. The Balaban J connectivity index is 1.59. The van der Waals surface area contributed by atoms with E-state index in [1.165, 1.54) is 23.5 Å². The van der Waals surface area contributed by atoms with E-state index in [0.717, 1.165) is 25.7 Å². The van der Waals surface area contributed by atoms with Gasteiger partial charge in [-0.2, -0.15) is 11.8 Å². The molecule has 0 amide bonds. The van der Waals surface area contributed by atoms with Crippen LogP contribution in [0.25, 0.3) is 0 Å². The second-order valence-electron chi connectivity index (χ2n) is 4.66. The third kappa shape index (κ3) is 4.34. The number of nitrogens with zero attached hydrogens (tertiary/aromatic N) is 1. The first-order valence-corrected chi connectivity index (χ1v) is 7.54. The van der Waals surface area contributed by atoms with Crippen LogP contribution in [0.15, 0.2) is 30.3 Å². The van der Waals surface area contributed by atoms with Gasteiger partial charge in [0.25, 0.3) is 0 Å². The molecule has 1 heterocycles. The highest BCUT2D eigenvalue weighted by atomic mass is 32.2. The topological polar surface area (TPSA) is 15.3 Å². The molecule has 0 bridgehead atoms. The SMILES string of the molecule is CN(CCNCc1ccccc1)C1CCSC1. The predicted octanol–water partition coefficient (Wildman–Crippen LogP) is 2.21. The average Bonchev–Trinajstić information content (AvgIpc) is 2.89. The van der Waals surface area contributed by atoms with Crippen molar-refractivity contribution in [1.82, 2.24) is 10.2 Å². The lowest BCUT2D eigenvalue weighted by molar-refractivity contribution is 0.262. The van der Waals surface area contributed by atoms with Gasteiger partial charge in [-0.1, -0.05) is 30.3 Å². The summed E-state index contributed by atoms with van der Waals surface area (Å²) in [6, 6.07) is 11.4. The largest absolute Gasteiger partial charge is 0.311 e. The van der Waals surface area contributed by atoms with Crippen molar-refractivity contribution in [2.75, 3.05) is 31.6 Å². The second-order valence-corrected chi connectivity index (χ2v) is 5.81. The van der Waals surface area contributed by atoms with E-state index in [2.05, 4.69) is 59.4 Å². The van der Waals surface area contributed by atoms with Crippen molar-refractivity contribution in [3.8, 4) is 0 Å². The average molecular weight is 250 g/mol. The van der Waals surface area contributed by atoms with E-state index >= 15 is 0 Å². The Morgan fingerprint density at radius 1 is 1.35 bits per heavy atom. The van der Waals surface area contributed by atoms with Crippen LogP contribution in [0.2, 0.25) is 0 Å². The molecule has 3 heteroatoms. The van der Waals surface area contributed by atoms with Crippen molar-refractivity contribution < 1.29 is 0 Å². The van der Waals surface area contributed by atoms with Gasteiger partial charge >= 0.3 is 0 Å². The van der Waals surface area contributed by atoms with Crippen LogP contribution in [-0.4, -0.2) is 42.6 Å². The van der Waals surface area contributed by atoms with Gasteiger partial charge in [0.1, 0.15) is 0 Å². The zero-order chi connectivity index (χ0) is 11.9. The fourth-order valence-corrected chi connectivity index (χ4v) is 3.43. The molecule has 1 aliphatic heterocycles. The molecule has 1 aromatic rings. The fourth-order valence-electron chi connectivity index (χ4n) is 2.14. The zero-order valence-corrected chi connectivity index (χ0v) is 11.4. The van der Waals surface area contributed by atoms with Gasteiger partial charge in [-0.3, -0.25) is 0 Å². The molecule has 1 saturated heterocycles. The number of benzene rings is 1. The summed E-state index contributed by atoms with van der Waals surface area (Å²) in [4.78, 5) is 2.50. The molecule has 2 rings (SSSR count). The van der Waals surface area contributed by atoms with E-state index in [0.29, 0.717) is 0 Å². The van der Waals surface area contributed by atoms with Gasteiger partial charge in [-0.05, 0) is 24.8 Å². The summed E-state index contributed by atoms with van der Waals surface area (Å²) in [6.45, 7) is 3.21. The minimum absolute atomic E-state index is 0.804. The third-order valence-electron chi connectivity index (χ3n) is 3.34. The summed E-state index contributed by atoms with van der Waals surface area (Å²) in [6.07, 6.45) is 1.36. The first-order chi connectivity index (χ1) is 8.36. The lowest BCUT2D eigenvalue weighted by Gasteiger charge is -2.23. The summed E-state index contributed by atoms with van der Waals surface area (Å²) < 4.78 is 0. The van der Waals surface area contributed by atoms with Crippen LogP contribution in [0, 0.1) is 0 Å². The first kappa shape index (κ1) is 12.9. The van der Waals surface area contributed by atoms with Crippen LogP contribution in [0.4, 0.5) is 0 Å². The third-order valence-corrected chi connectivity index (χ3v) is 4.49. The Labute approximate surface area is 109 Å². The predicted molar refractivity (Wildman–Crippen MR) is 76.5 cm³/mol. The highest BCUT2D eigenvalue weighted by Gasteiger charge is 2.19. The first-order valence-electron chi connectivity index (χ1n) is 6.39. The van der Waals surface area contributed by atoms with Gasteiger partial charge in [-0.15, -0.1) is 0 Å². The van der Waals surface area contributed by atoms with Crippen molar-refractivity contribution in [2.45, 2.75) is 19.0 Å². The van der Waals surface area contributed by atoms with Crippen molar-refractivity contribution in [2.24, 2.45) is 0 Å². The summed E-state index contributed by atoms with van der Waals surface area (Å²) in [5.74, 6) is 2.65. The Morgan fingerprint density at radius 3 is 2.88 bits per heavy atom. The number of hydrogen-bond donors (Lipinski definition) is 1. The van der Waals surface area contributed by atoms with Gasteiger partial charge in [0.05, 0.1) is 0 Å². The maximum atomic E-state index is 3.51. The van der Waals surface area contributed by atoms with Gasteiger partial charge in [0.2, 0.25) is 0 Å². The molecule has 0 radical (unpaired) electrons. The molecular formula is C14H22N2S. The van der Waals surface area contributed by atoms with E-state index < -0.39 is 0 Å². The van der Waals surface area contributed by atoms with E-state index in [1.807, 2.05) is 0 Å². The smallest absolute Gasteiger partial charge is 0.0206 e. The van der Waals surface area contributed by atoms with Crippen LogP contribution in [-0.2, 0) is 6.54 Å². The van der Waals surface area contributed by atoms with E-state index in [1.54, 1.807) is 0 Å². The van der Waals surface area contributed by atoms with E-state index in [-0.39, 0.29) is 0 Å². The Morgan fingerprint density at radius 2 is 2.18 bits per heavy atom.